The molecule has 0 bridgehead atoms. The smallest absolute Gasteiger partial charge is 0.0524 e. The Hall–Kier alpha value is -0.0800. The molecule has 3 atom stereocenters. The quantitative estimate of drug-likeness (QED) is 0.641. The Balaban J connectivity index is 3.37. The predicted molar refractivity (Wildman–Crippen MR) is 53.2 cm³/mol. The van der Waals surface area contributed by atoms with Crippen molar-refractivity contribution in [2.45, 2.75) is 52.7 Å². The molecule has 0 amide bonds. The molecule has 0 rings (SSSR count). The molecular weight excluding hydrogens is 150 g/mol. The SMILES string of the molecule is CC[C@H](C)[C@H](C)NCC[C@@H](C)O. The highest BCUT2D eigenvalue weighted by atomic mass is 16.3. The maximum Gasteiger partial charge on any atom is 0.0524 e. The molecule has 0 heterocycles. The van der Waals surface area contributed by atoms with Gasteiger partial charge in [-0.1, -0.05) is 20.3 Å². The van der Waals surface area contributed by atoms with Crippen LogP contribution in [0.2, 0.25) is 0 Å². The standard InChI is InChI=1S/C10H23NO/c1-5-8(2)10(4)11-7-6-9(3)12/h8-12H,5-7H2,1-4H3/t8-,9+,10-/m0/s1. The van der Waals surface area contributed by atoms with Crippen molar-refractivity contribution in [1.29, 1.82) is 0 Å². The van der Waals surface area contributed by atoms with Crippen LogP contribution in [0.4, 0.5) is 0 Å². The molecule has 0 aliphatic heterocycles. The van der Waals surface area contributed by atoms with Crippen LogP contribution in [0.25, 0.3) is 0 Å². The van der Waals surface area contributed by atoms with Gasteiger partial charge in [-0.15, -0.1) is 0 Å². The Labute approximate surface area is 76.4 Å². The largest absolute Gasteiger partial charge is 0.393 e. The number of hydrogen-bond donors (Lipinski definition) is 2. The van der Waals surface area contributed by atoms with Gasteiger partial charge in [-0.05, 0) is 32.7 Å². The molecule has 2 nitrogen and oxygen atoms in total. The molecule has 0 aromatic rings. The number of rotatable bonds is 6. The van der Waals surface area contributed by atoms with Gasteiger partial charge in [-0.25, -0.2) is 0 Å². The lowest BCUT2D eigenvalue weighted by molar-refractivity contribution is 0.181. The molecule has 0 aromatic heterocycles. The molecule has 74 valence electrons. The molecule has 0 spiro atoms. The van der Waals surface area contributed by atoms with Gasteiger partial charge < -0.3 is 10.4 Å². The van der Waals surface area contributed by atoms with E-state index in [1.165, 1.54) is 6.42 Å². The minimum atomic E-state index is -0.179. The minimum absolute atomic E-state index is 0.179. The summed E-state index contributed by atoms with van der Waals surface area (Å²) in [6, 6.07) is 0.564. The summed E-state index contributed by atoms with van der Waals surface area (Å²) in [7, 11) is 0. The predicted octanol–water partition coefficient (Wildman–Crippen LogP) is 1.78. The molecule has 2 N–H and O–H groups in total. The van der Waals surface area contributed by atoms with Crippen LogP contribution in [0.15, 0.2) is 0 Å². The molecule has 0 radical (unpaired) electrons. The second-order valence-electron chi connectivity index (χ2n) is 3.77. The summed E-state index contributed by atoms with van der Waals surface area (Å²) < 4.78 is 0. The van der Waals surface area contributed by atoms with Gasteiger partial charge in [-0.2, -0.15) is 0 Å². The normalized spacial score (nSPS) is 18.8. The fraction of sp³-hybridized carbons (Fsp3) is 1.00. The second kappa shape index (κ2) is 6.44. The average molecular weight is 173 g/mol. The van der Waals surface area contributed by atoms with Crippen LogP contribution >= 0.6 is 0 Å². The summed E-state index contributed by atoms with van der Waals surface area (Å²) in [6.45, 7) is 9.41. The number of hydrogen-bond acceptors (Lipinski definition) is 2. The fourth-order valence-corrected chi connectivity index (χ4v) is 1.07. The summed E-state index contributed by atoms with van der Waals surface area (Å²) in [4.78, 5) is 0. The van der Waals surface area contributed by atoms with Crippen LogP contribution in [-0.2, 0) is 0 Å². The van der Waals surface area contributed by atoms with E-state index in [2.05, 4.69) is 26.1 Å². The second-order valence-corrected chi connectivity index (χ2v) is 3.77. The van der Waals surface area contributed by atoms with Gasteiger partial charge in [0.15, 0.2) is 0 Å². The molecular formula is C10H23NO. The van der Waals surface area contributed by atoms with Crippen LogP contribution in [0.5, 0.6) is 0 Å². The van der Waals surface area contributed by atoms with Crippen molar-refractivity contribution in [3.8, 4) is 0 Å². The van der Waals surface area contributed by atoms with E-state index in [9.17, 15) is 0 Å². The lowest BCUT2D eigenvalue weighted by Gasteiger charge is -2.20. The summed E-state index contributed by atoms with van der Waals surface area (Å²) in [5.74, 6) is 0.721. The maximum atomic E-state index is 9.02. The number of aliphatic hydroxyl groups excluding tert-OH is 1. The maximum absolute atomic E-state index is 9.02. The zero-order valence-electron chi connectivity index (χ0n) is 8.80. The van der Waals surface area contributed by atoms with E-state index in [-0.39, 0.29) is 6.10 Å². The van der Waals surface area contributed by atoms with Gasteiger partial charge in [0.05, 0.1) is 6.10 Å². The van der Waals surface area contributed by atoms with Crippen molar-refractivity contribution >= 4 is 0 Å². The van der Waals surface area contributed by atoms with Gasteiger partial charge in [0.25, 0.3) is 0 Å². The van der Waals surface area contributed by atoms with Gasteiger partial charge in [0.2, 0.25) is 0 Å². The highest BCUT2D eigenvalue weighted by Crippen LogP contribution is 2.06. The van der Waals surface area contributed by atoms with Crippen molar-refractivity contribution in [1.82, 2.24) is 5.32 Å². The monoisotopic (exact) mass is 173 g/mol. The van der Waals surface area contributed by atoms with E-state index < -0.39 is 0 Å². The van der Waals surface area contributed by atoms with E-state index in [1.54, 1.807) is 0 Å². The third-order valence-corrected chi connectivity index (χ3v) is 2.53. The van der Waals surface area contributed by atoms with E-state index >= 15 is 0 Å². The van der Waals surface area contributed by atoms with Gasteiger partial charge >= 0.3 is 0 Å². The Kier molecular flexibility index (Phi) is 6.39. The van der Waals surface area contributed by atoms with Crippen molar-refractivity contribution in [3.05, 3.63) is 0 Å². The Bertz CT molecular complexity index is 104. The van der Waals surface area contributed by atoms with E-state index in [0.29, 0.717) is 6.04 Å². The van der Waals surface area contributed by atoms with Gasteiger partial charge in [0, 0.05) is 6.04 Å². The molecule has 2 heteroatoms. The number of nitrogens with one attached hydrogen (secondary N) is 1. The molecule has 0 unspecified atom stereocenters. The van der Waals surface area contributed by atoms with E-state index in [4.69, 9.17) is 5.11 Å². The molecule has 0 aliphatic carbocycles. The summed E-state index contributed by atoms with van der Waals surface area (Å²) in [5.41, 5.74) is 0. The molecule has 0 aliphatic rings. The molecule has 0 aromatic carbocycles. The Morgan fingerprint density at radius 2 is 1.83 bits per heavy atom. The van der Waals surface area contributed by atoms with Crippen LogP contribution in [-0.4, -0.2) is 23.8 Å². The van der Waals surface area contributed by atoms with Crippen molar-refractivity contribution in [3.63, 3.8) is 0 Å². The fourth-order valence-electron chi connectivity index (χ4n) is 1.07. The van der Waals surface area contributed by atoms with Crippen LogP contribution < -0.4 is 5.32 Å². The summed E-state index contributed by atoms with van der Waals surface area (Å²) >= 11 is 0. The lowest BCUT2D eigenvalue weighted by Crippen LogP contribution is -2.33. The first kappa shape index (κ1) is 11.9. The zero-order chi connectivity index (χ0) is 9.56. The van der Waals surface area contributed by atoms with Crippen molar-refractivity contribution in [2.75, 3.05) is 6.54 Å². The lowest BCUT2D eigenvalue weighted by atomic mass is 10.0. The highest BCUT2D eigenvalue weighted by molar-refractivity contribution is 4.67. The topological polar surface area (TPSA) is 32.3 Å². The minimum Gasteiger partial charge on any atom is -0.393 e. The summed E-state index contributed by atoms with van der Waals surface area (Å²) in [6.07, 6.45) is 1.88. The van der Waals surface area contributed by atoms with Crippen molar-refractivity contribution < 1.29 is 5.11 Å². The molecule has 0 saturated heterocycles. The Morgan fingerprint density at radius 1 is 1.25 bits per heavy atom. The van der Waals surface area contributed by atoms with Crippen LogP contribution in [0.1, 0.15) is 40.5 Å². The Morgan fingerprint density at radius 3 is 2.25 bits per heavy atom. The number of aliphatic hydroxyl groups is 1. The first-order valence-electron chi connectivity index (χ1n) is 4.99. The van der Waals surface area contributed by atoms with E-state index in [1.807, 2.05) is 6.92 Å². The van der Waals surface area contributed by atoms with Crippen molar-refractivity contribution in [2.24, 2.45) is 5.92 Å². The first-order chi connectivity index (χ1) is 5.57. The third kappa shape index (κ3) is 5.56. The summed E-state index contributed by atoms with van der Waals surface area (Å²) in [5, 5.41) is 12.4. The van der Waals surface area contributed by atoms with E-state index in [0.717, 1.165) is 18.9 Å². The van der Waals surface area contributed by atoms with Crippen LogP contribution in [0.3, 0.4) is 0 Å². The molecule has 0 fully saturated rings. The molecule has 12 heavy (non-hydrogen) atoms. The third-order valence-electron chi connectivity index (χ3n) is 2.53. The van der Waals surface area contributed by atoms with Gasteiger partial charge in [-0.3, -0.25) is 0 Å². The van der Waals surface area contributed by atoms with Gasteiger partial charge in [0.1, 0.15) is 0 Å². The molecule has 0 saturated carbocycles. The van der Waals surface area contributed by atoms with Crippen LogP contribution in [0, 0.1) is 5.92 Å². The first-order valence-corrected chi connectivity index (χ1v) is 4.99. The highest BCUT2D eigenvalue weighted by Gasteiger charge is 2.08. The average Bonchev–Trinajstić information content (AvgIpc) is 2.02. The zero-order valence-corrected chi connectivity index (χ0v) is 8.80.